The summed E-state index contributed by atoms with van der Waals surface area (Å²) >= 11 is 9.54. The van der Waals surface area contributed by atoms with E-state index in [1.165, 1.54) is 6.07 Å². The molecule has 1 heterocycles. The van der Waals surface area contributed by atoms with Crippen molar-refractivity contribution < 1.29 is 4.39 Å². The van der Waals surface area contributed by atoms with Crippen molar-refractivity contribution in [3.63, 3.8) is 0 Å². The molecule has 0 saturated heterocycles. The number of nitrogens with one attached hydrogen (secondary N) is 1. The van der Waals surface area contributed by atoms with E-state index < -0.39 is 11.9 Å². The number of benzene rings is 1. The fraction of sp³-hybridized carbons (Fsp3) is 0.0833. The lowest BCUT2D eigenvalue weighted by molar-refractivity contribution is 0.598. The number of pyridine rings is 1. The lowest BCUT2D eigenvalue weighted by Crippen LogP contribution is -2.29. The van der Waals surface area contributed by atoms with Gasteiger partial charge in [0.1, 0.15) is 5.82 Å². The third-order valence-corrected chi connectivity index (χ3v) is 3.83. The molecule has 94 valence electrons. The SMILES string of the molecule is NNC(c1cncc(F)c1)c1cccc(Br)c1Cl. The summed E-state index contributed by atoms with van der Waals surface area (Å²) in [6, 6.07) is 6.43. The molecule has 2 aromatic rings. The van der Waals surface area contributed by atoms with E-state index in [9.17, 15) is 4.39 Å². The van der Waals surface area contributed by atoms with Crippen molar-refractivity contribution in [1.82, 2.24) is 10.4 Å². The molecule has 6 heteroatoms. The van der Waals surface area contributed by atoms with Crippen LogP contribution in [0.3, 0.4) is 0 Å². The lowest BCUT2D eigenvalue weighted by Gasteiger charge is -2.18. The Balaban J connectivity index is 2.49. The van der Waals surface area contributed by atoms with Gasteiger partial charge < -0.3 is 0 Å². The van der Waals surface area contributed by atoms with Crippen molar-refractivity contribution in [2.45, 2.75) is 6.04 Å². The van der Waals surface area contributed by atoms with Gasteiger partial charge in [0.15, 0.2) is 0 Å². The molecular formula is C12H10BrClFN3. The summed E-state index contributed by atoms with van der Waals surface area (Å²) in [5.74, 6) is 5.11. The Bertz CT molecular complexity index is 565. The summed E-state index contributed by atoms with van der Waals surface area (Å²) < 4.78 is 13.9. The van der Waals surface area contributed by atoms with Gasteiger partial charge in [0, 0.05) is 10.7 Å². The minimum Gasteiger partial charge on any atom is -0.271 e. The van der Waals surface area contributed by atoms with Gasteiger partial charge in [-0.3, -0.25) is 10.8 Å². The number of hydrogen-bond donors (Lipinski definition) is 2. The highest BCUT2D eigenvalue weighted by Gasteiger charge is 2.17. The van der Waals surface area contributed by atoms with Crippen molar-refractivity contribution in [2.24, 2.45) is 5.84 Å². The van der Waals surface area contributed by atoms with Crippen LogP contribution >= 0.6 is 27.5 Å². The van der Waals surface area contributed by atoms with Gasteiger partial charge in [0.05, 0.1) is 17.3 Å². The molecule has 1 atom stereocenters. The molecule has 3 N–H and O–H groups in total. The van der Waals surface area contributed by atoms with Gasteiger partial charge in [-0.15, -0.1) is 0 Å². The largest absolute Gasteiger partial charge is 0.271 e. The maximum absolute atomic E-state index is 13.2. The van der Waals surface area contributed by atoms with Crippen molar-refractivity contribution in [3.05, 3.63) is 63.1 Å². The zero-order chi connectivity index (χ0) is 13.1. The average molecular weight is 331 g/mol. The fourth-order valence-corrected chi connectivity index (χ4v) is 2.31. The zero-order valence-corrected chi connectivity index (χ0v) is 11.5. The summed E-state index contributed by atoms with van der Waals surface area (Å²) in [6.45, 7) is 0. The van der Waals surface area contributed by atoms with Gasteiger partial charge in [-0.25, -0.2) is 9.82 Å². The van der Waals surface area contributed by atoms with E-state index in [2.05, 4.69) is 26.3 Å². The number of nitrogens with two attached hydrogens (primary N) is 1. The molecule has 0 aliphatic rings. The van der Waals surface area contributed by atoms with Crippen molar-refractivity contribution in [1.29, 1.82) is 0 Å². The van der Waals surface area contributed by atoms with Crippen LogP contribution in [0, 0.1) is 5.82 Å². The van der Waals surface area contributed by atoms with Crippen LogP contribution in [-0.2, 0) is 0 Å². The van der Waals surface area contributed by atoms with Crippen molar-refractivity contribution >= 4 is 27.5 Å². The number of aromatic nitrogens is 1. The minimum atomic E-state index is -0.418. The van der Waals surface area contributed by atoms with Crippen LogP contribution in [0.1, 0.15) is 17.2 Å². The molecule has 3 nitrogen and oxygen atoms in total. The van der Waals surface area contributed by atoms with E-state index in [1.54, 1.807) is 6.20 Å². The van der Waals surface area contributed by atoms with Gasteiger partial charge in [0.2, 0.25) is 0 Å². The number of hydrazine groups is 1. The summed E-state index contributed by atoms with van der Waals surface area (Å²) in [7, 11) is 0. The van der Waals surface area contributed by atoms with Gasteiger partial charge in [0.25, 0.3) is 0 Å². The Kier molecular flexibility index (Phi) is 4.29. The number of hydrogen-bond acceptors (Lipinski definition) is 3. The summed E-state index contributed by atoms with van der Waals surface area (Å²) in [5.41, 5.74) is 3.98. The third kappa shape index (κ3) is 2.70. The Labute approximate surface area is 117 Å². The predicted molar refractivity (Wildman–Crippen MR) is 72.5 cm³/mol. The molecule has 0 bridgehead atoms. The monoisotopic (exact) mass is 329 g/mol. The lowest BCUT2D eigenvalue weighted by atomic mass is 10.0. The number of nitrogens with zero attached hydrogens (tertiary/aromatic N) is 1. The standard InChI is InChI=1S/C12H10BrClFN3/c13-10-3-1-2-9(11(10)14)12(18-16)7-4-8(15)6-17-5-7/h1-6,12,18H,16H2. The maximum atomic E-state index is 13.2. The first-order valence-electron chi connectivity index (χ1n) is 5.14. The van der Waals surface area contributed by atoms with Crippen LogP contribution in [0.25, 0.3) is 0 Å². The van der Waals surface area contributed by atoms with E-state index in [1.807, 2.05) is 18.2 Å². The fourth-order valence-electron chi connectivity index (χ4n) is 1.70. The first-order chi connectivity index (χ1) is 8.63. The van der Waals surface area contributed by atoms with Gasteiger partial charge in [-0.05, 0) is 39.2 Å². The second kappa shape index (κ2) is 5.75. The summed E-state index contributed by atoms with van der Waals surface area (Å²) in [5, 5.41) is 0.532. The van der Waals surface area contributed by atoms with E-state index in [0.717, 1.165) is 16.2 Å². The quantitative estimate of drug-likeness (QED) is 0.671. The van der Waals surface area contributed by atoms with Crippen LogP contribution < -0.4 is 11.3 Å². The van der Waals surface area contributed by atoms with Crippen LogP contribution in [0.5, 0.6) is 0 Å². The molecule has 0 radical (unpaired) electrons. The Morgan fingerprint density at radius 3 is 2.83 bits per heavy atom. The molecule has 0 aliphatic heterocycles. The highest BCUT2D eigenvalue weighted by Crippen LogP contribution is 2.32. The van der Waals surface area contributed by atoms with Crippen LogP contribution in [0.2, 0.25) is 5.02 Å². The van der Waals surface area contributed by atoms with E-state index in [4.69, 9.17) is 17.4 Å². The predicted octanol–water partition coefficient (Wildman–Crippen LogP) is 3.19. The van der Waals surface area contributed by atoms with Gasteiger partial charge >= 0.3 is 0 Å². The second-order valence-electron chi connectivity index (χ2n) is 3.68. The highest BCUT2D eigenvalue weighted by molar-refractivity contribution is 9.10. The summed E-state index contributed by atoms with van der Waals surface area (Å²) in [4.78, 5) is 3.81. The Hall–Kier alpha value is -1.01. The molecule has 0 fully saturated rings. The van der Waals surface area contributed by atoms with E-state index in [-0.39, 0.29) is 0 Å². The molecule has 1 aromatic carbocycles. The van der Waals surface area contributed by atoms with Crippen LogP contribution in [-0.4, -0.2) is 4.98 Å². The molecule has 0 saturated carbocycles. The molecule has 2 rings (SSSR count). The molecule has 0 amide bonds. The molecule has 1 unspecified atom stereocenters. The average Bonchev–Trinajstić information content (AvgIpc) is 2.35. The maximum Gasteiger partial charge on any atom is 0.141 e. The first kappa shape index (κ1) is 13.4. The molecule has 0 spiro atoms. The highest BCUT2D eigenvalue weighted by atomic mass is 79.9. The van der Waals surface area contributed by atoms with Crippen molar-refractivity contribution in [2.75, 3.05) is 0 Å². The summed E-state index contributed by atoms with van der Waals surface area (Å²) in [6.07, 6.45) is 2.68. The third-order valence-electron chi connectivity index (χ3n) is 2.52. The van der Waals surface area contributed by atoms with Gasteiger partial charge in [-0.2, -0.15) is 0 Å². The van der Waals surface area contributed by atoms with Crippen LogP contribution in [0.15, 0.2) is 41.1 Å². The van der Waals surface area contributed by atoms with E-state index in [0.29, 0.717) is 10.6 Å². The van der Waals surface area contributed by atoms with Crippen molar-refractivity contribution in [3.8, 4) is 0 Å². The molecule has 1 aromatic heterocycles. The molecular weight excluding hydrogens is 321 g/mol. The van der Waals surface area contributed by atoms with Gasteiger partial charge in [-0.1, -0.05) is 23.7 Å². The molecule has 0 aliphatic carbocycles. The Morgan fingerprint density at radius 2 is 2.17 bits per heavy atom. The number of rotatable bonds is 3. The second-order valence-corrected chi connectivity index (χ2v) is 4.91. The molecule has 18 heavy (non-hydrogen) atoms. The van der Waals surface area contributed by atoms with Crippen LogP contribution in [0.4, 0.5) is 4.39 Å². The Morgan fingerprint density at radius 1 is 1.39 bits per heavy atom. The smallest absolute Gasteiger partial charge is 0.141 e. The first-order valence-corrected chi connectivity index (χ1v) is 6.31. The zero-order valence-electron chi connectivity index (χ0n) is 9.20. The van der Waals surface area contributed by atoms with E-state index >= 15 is 0 Å². The minimum absolute atomic E-state index is 0.418. The number of halogens is 3. The normalized spacial score (nSPS) is 12.4. The topological polar surface area (TPSA) is 50.9 Å².